The standard InChI is InChI=1S/C13H15N3O/c1-2-4-12(5-3-1)17-13-9-15-16(10-13)11-6-7-14-8-11/h1-5,9-11,14H,6-8H2. The summed E-state index contributed by atoms with van der Waals surface area (Å²) in [5.41, 5.74) is 0. The summed E-state index contributed by atoms with van der Waals surface area (Å²) in [5.74, 6) is 1.64. The first-order valence-electron chi connectivity index (χ1n) is 5.89. The molecular weight excluding hydrogens is 214 g/mol. The van der Waals surface area contributed by atoms with E-state index < -0.39 is 0 Å². The van der Waals surface area contributed by atoms with Gasteiger partial charge in [-0.3, -0.25) is 4.68 Å². The van der Waals surface area contributed by atoms with Crippen LogP contribution in [0.4, 0.5) is 0 Å². The summed E-state index contributed by atoms with van der Waals surface area (Å²) in [7, 11) is 0. The molecule has 0 radical (unpaired) electrons. The molecule has 0 saturated carbocycles. The fourth-order valence-corrected chi connectivity index (χ4v) is 2.06. The van der Waals surface area contributed by atoms with E-state index in [1.54, 1.807) is 6.20 Å². The van der Waals surface area contributed by atoms with E-state index >= 15 is 0 Å². The lowest BCUT2D eigenvalue weighted by Gasteiger charge is -2.07. The maximum absolute atomic E-state index is 5.71. The van der Waals surface area contributed by atoms with Crippen LogP contribution < -0.4 is 10.1 Å². The minimum atomic E-state index is 0.461. The Morgan fingerprint density at radius 1 is 1.24 bits per heavy atom. The van der Waals surface area contributed by atoms with E-state index in [-0.39, 0.29) is 0 Å². The molecule has 1 atom stereocenters. The molecule has 2 aromatic rings. The highest BCUT2D eigenvalue weighted by molar-refractivity contribution is 5.27. The molecule has 0 amide bonds. The van der Waals surface area contributed by atoms with Crippen molar-refractivity contribution >= 4 is 0 Å². The molecule has 17 heavy (non-hydrogen) atoms. The number of benzene rings is 1. The smallest absolute Gasteiger partial charge is 0.165 e. The maximum atomic E-state index is 5.71. The highest BCUT2D eigenvalue weighted by Crippen LogP contribution is 2.22. The van der Waals surface area contributed by atoms with Gasteiger partial charge in [0.15, 0.2) is 5.75 Å². The topological polar surface area (TPSA) is 39.1 Å². The van der Waals surface area contributed by atoms with Gasteiger partial charge in [0.05, 0.1) is 18.4 Å². The Labute approximate surface area is 100 Å². The molecule has 0 aliphatic carbocycles. The Morgan fingerprint density at radius 2 is 2.12 bits per heavy atom. The highest BCUT2D eigenvalue weighted by Gasteiger charge is 2.17. The van der Waals surface area contributed by atoms with Crippen LogP contribution in [0.3, 0.4) is 0 Å². The van der Waals surface area contributed by atoms with Crippen molar-refractivity contribution in [2.75, 3.05) is 13.1 Å². The van der Waals surface area contributed by atoms with Gasteiger partial charge in [-0.2, -0.15) is 5.10 Å². The molecule has 1 fully saturated rings. The van der Waals surface area contributed by atoms with Gasteiger partial charge in [-0.25, -0.2) is 0 Å². The molecule has 0 bridgehead atoms. The Bertz CT molecular complexity index is 474. The van der Waals surface area contributed by atoms with Gasteiger partial charge in [-0.05, 0) is 25.1 Å². The monoisotopic (exact) mass is 229 g/mol. The lowest BCUT2D eigenvalue weighted by atomic mass is 10.3. The first-order valence-corrected chi connectivity index (χ1v) is 5.89. The van der Waals surface area contributed by atoms with Crippen molar-refractivity contribution in [3.63, 3.8) is 0 Å². The third-order valence-corrected chi connectivity index (χ3v) is 2.97. The van der Waals surface area contributed by atoms with Crippen molar-refractivity contribution in [3.8, 4) is 11.5 Å². The van der Waals surface area contributed by atoms with Crippen molar-refractivity contribution in [2.45, 2.75) is 12.5 Å². The molecule has 0 spiro atoms. The lowest BCUT2D eigenvalue weighted by Crippen LogP contribution is -2.13. The molecule has 2 heterocycles. The van der Waals surface area contributed by atoms with E-state index in [1.807, 2.05) is 41.2 Å². The number of ether oxygens (including phenoxy) is 1. The van der Waals surface area contributed by atoms with E-state index in [4.69, 9.17) is 4.74 Å². The molecule has 1 saturated heterocycles. The second kappa shape index (κ2) is 4.59. The number of aromatic nitrogens is 2. The molecule has 1 aliphatic rings. The average molecular weight is 229 g/mol. The Balaban J connectivity index is 1.72. The zero-order valence-electron chi connectivity index (χ0n) is 9.54. The summed E-state index contributed by atoms with van der Waals surface area (Å²) in [4.78, 5) is 0. The summed E-state index contributed by atoms with van der Waals surface area (Å²) < 4.78 is 7.70. The van der Waals surface area contributed by atoms with Gasteiger partial charge in [0.25, 0.3) is 0 Å². The molecule has 1 aromatic heterocycles. The van der Waals surface area contributed by atoms with Crippen molar-refractivity contribution in [1.82, 2.24) is 15.1 Å². The van der Waals surface area contributed by atoms with Crippen molar-refractivity contribution < 1.29 is 4.74 Å². The number of hydrogen-bond acceptors (Lipinski definition) is 3. The molecule has 4 nitrogen and oxygen atoms in total. The van der Waals surface area contributed by atoms with Crippen LogP contribution in [0, 0.1) is 0 Å². The van der Waals surface area contributed by atoms with Gasteiger partial charge >= 0.3 is 0 Å². The third kappa shape index (κ3) is 2.31. The SMILES string of the molecule is c1ccc(Oc2cnn(C3CCNC3)c2)cc1. The van der Waals surface area contributed by atoms with Gasteiger partial charge in [0, 0.05) is 6.54 Å². The second-order valence-electron chi connectivity index (χ2n) is 4.22. The molecule has 1 unspecified atom stereocenters. The van der Waals surface area contributed by atoms with Crippen LogP contribution in [-0.2, 0) is 0 Å². The summed E-state index contributed by atoms with van der Waals surface area (Å²) in [6.07, 6.45) is 4.86. The van der Waals surface area contributed by atoms with E-state index in [0.717, 1.165) is 31.0 Å². The molecule has 1 aromatic carbocycles. The number of para-hydroxylation sites is 1. The van der Waals surface area contributed by atoms with Crippen LogP contribution in [0.2, 0.25) is 0 Å². The number of hydrogen-bond donors (Lipinski definition) is 1. The molecule has 1 N–H and O–H groups in total. The number of rotatable bonds is 3. The average Bonchev–Trinajstić information content (AvgIpc) is 3.00. The minimum Gasteiger partial charge on any atom is -0.454 e. The first kappa shape index (κ1) is 10.4. The summed E-state index contributed by atoms with van der Waals surface area (Å²) in [5, 5.41) is 7.67. The van der Waals surface area contributed by atoms with Crippen LogP contribution in [0.25, 0.3) is 0 Å². The van der Waals surface area contributed by atoms with Gasteiger partial charge in [-0.1, -0.05) is 18.2 Å². The van der Waals surface area contributed by atoms with E-state index in [0.29, 0.717) is 6.04 Å². The van der Waals surface area contributed by atoms with Crippen molar-refractivity contribution in [2.24, 2.45) is 0 Å². The largest absolute Gasteiger partial charge is 0.454 e. The molecule has 4 heteroatoms. The van der Waals surface area contributed by atoms with E-state index in [9.17, 15) is 0 Å². The zero-order valence-corrected chi connectivity index (χ0v) is 9.54. The van der Waals surface area contributed by atoms with Gasteiger partial charge in [0.2, 0.25) is 0 Å². The van der Waals surface area contributed by atoms with E-state index in [2.05, 4.69) is 10.4 Å². The minimum absolute atomic E-state index is 0.461. The number of nitrogens with one attached hydrogen (secondary N) is 1. The Morgan fingerprint density at radius 3 is 2.88 bits per heavy atom. The quantitative estimate of drug-likeness (QED) is 0.877. The number of nitrogens with zero attached hydrogens (tertiary/aromatic N) is 2. The lowest BCUT2D eigenvalue weighted by molar-refractivity contribution is 0.469. The van der Waals surface area contributed by atoms with Crippen LogP contribution in [-0.4, -0.2) is 22.9 Å². The van der Waals surface area contributed by atoms with Crippen molar-refractivity contribution in [3.05, 3.63) is 42.7 Å². The van der Waals surface area contributed by atoms with Crippen LogP contribution in [0.1, 0.15) is 12.5 Å². The predicted molar refractivity (Wildman–Crippen MR) is 65.3 cm³/mol. The normalized spacial score (nSPS) is 19.4. The molecule has 88 valence electrons. The summed E-state index contributed by atoms with van der Waals surface area (Å²) >= 11 is 0. The highest BCUT2D eigenvalue weighted by atomic mass is 16.5. The summed E-state index contributed by atoms with van der Waals surface area (Å²) in [6, 6.07) is 10.2. The molecule has 3 rings (SSSR count). The van der Waals surface area contributed by atoms with Crippen LogP contribution in [0.15, 0.2) is 42.7 Å². The van der Waals surface area contributed by atoms with Gasteiger partial charge < -0.3 is 10.1 Å². The van der Waals surface area contributed by atoms with Crippen LogP contribution >= 0.6 is 0 Å². The fourth-order valence-electron chi connectivity index (χ4n) is 2.06. The zero-order chi connectivity index (χ0) is 11.5. The van der Waals surface area contributed by atoms with Crippen molar-refractivity contribution in [1.29, 1.82) is 0 Å². The van der Waals surface area contributed by atoms with E-state index in [1.165, 1.54) is 0 Å². The third-order valence-electron chi connectivity index (χ3n) is 2.97. The Hall–Kier alpha value is -1.81. The maximum Gasteiger partial charge on any atom is 0.165 e. The molecular formula is C13H15N3O. The van der Waals surface area contributed by atoms with Gasteiger partial charge in [0.1, 0.15) is 5.75 Å². The predicted octanol–water partition coefficient (Wildman–Crippen LogP) is 2.21. The Kier molecular flexibility index (Phi) is 2.80. The second-order valence-corrected chi connectivity index (χ2v) is 4.22. The van der Waals surface area contributed by atoms with Crippen LogP contribution in [0.5, 0.6) is 11.5 Å². The van der Waals surface area contributed by atoms with Gasteiger partial charge in [-0.15, -0.1) is 0 Å². The fraction of sp³-hybridized carbons (Fsp3) is 0.308. The molecule has 1 aliphatic heterocycles. The summed E-state index contributed by atoms with van der Waals surface area (Å²) in [6.45, 7) is 2.06. The first-order chi connectivity index (χ1) is 8.42.